The van der Waals surface area contributed by atoms with E-state index in [0.29, 0.717) is 0 Å². The quantitative estimate of drug-likeness (QED) is 0.463. The zero-order valence-electron chi connectivity index (χ0n) is 19.5. The van der Waals surface area contributed by atoms with Crippen molar-refractivity contribution in [2.45, 2.75) is 57.4 Å². The second-order valence-corrected chi connectivity index (χ2v) is 8.64. The Labute approximate surface area is 183 Å². The lowest BCUT2D eigenvalue weighted by Gasteiger charge is -2.53. The van der Waals surface area contributed by atoms with Gasteiger partial charge in [-0.3, -0.25) is 4.67 Å². The van der Waals surface area contributed by atoms with E-state index in [1.165, 1.54) is 12.6 Å². The van der Waals surface area contributed by atoms with E-state index in [4.69, 9.17) is 4.74 Å². The van der Waals surface area contributed by atoms with Crippen LogP contribution in [-0.4, -0.2) is 73.1 Å². The van der Waals surface area contributed by atoms with Crippen molar-refractivity contribution in [2.24, 2.45) is 11.7 Å². The van der Waals surface area contributed by atoms with Crippen LogP contribution in [0.1, 0.15) is 33.3 Å². The Morgan fingerprint density at radius 1 is 1.10 bits per heavy atom. The van der Waals surface area contributed by atoms with E-state index in [1.807, 2.05) is 40.8 Å². The molecule has 1 aliphatic carbocycles. The molecular formula is C23H40N3O3P. The Hall–Kier alpha value is -1.17. The zero-order chi connectivity index (χ0) is 22.6. The molecule has 0 aromatic heterocycles. The van der Waals surface area contributed by atoms with Crippen molar-refractivity contribution in [1.82, 2.24) is 4.67 Å². The van der Waals surface area contributed by atoms with Gasteiger partial charge in [0.2, 0.25) is 0 Å². The summed E-state index contributed by atoms with van der Waals surface area (Å²) in [5, 5.41) is 21.8. The number of hydrogen-bond donors (Lipinski definition) is 3. The number of methoxy groups -OCH3 is 1. The number of ether oxygens (including phenoxy) is 1. The summed E-state index contributed by atoms with van der Waals surface area (Å²) in [4.78, 5) is 2.17. The van der Waals surface area contributed by atoms with E-state index < -0.39 is 12.2 Å². The molecule has 7 atom stereocenters. The van der Waals surface area contributed by atoms with Crippen LogP contribution in [0.15, 0.2) is 30.4 Å². The van der Waals surface area contributed by atoms with Gasteiger partial charge in [-0.15, -0.1) is 0 Å². The average molecular weight is 438 g/mol. The molecule has 5 rings (SSSR count). The van der Waals surface area contributed by atoms with Gasteiger partial charge in [-0.1, -0.05) is 45.9 Å². The minimum atomic E-state index is -0.748. The van der Waals surface area contributed by atoms with Gasteiger partial charge in [0.15, 0.2) is 0 Å². The molecule has 1 saturated carbocycles. The maximum Gasteiger partial charge on any atom is 0.120 e. The molecule has 4 aliphatic rings. The summed E-state index contributed by atoms with van der Waals surface area (Å²) >= 11 is 0. The largest absolute Gasteiger partial charge is 0.497 e. The van der Waals surface area contributed by atoms with Gasteiger partial charge in [-0.25, -0.2) is 0 Å². The van der Waals surface area contributed by atoms with Crippen LogP contribution < -0.4 is 15.4 Å². The van der Waals surface area contributed by atoms with Gasteiger partial charge in [0.1, 0.15) is 11.9 Å². The number of hydrogen-bond acceptors (Lipinski definition) is 6. The topological polar surface area (TPSA) is 82.2 Å². The molecule has 7 unspecified atom stereocenters. The van der Waals surface area contributed by atoms with Crippen LogP contribution in [0.25, 0.3) is 0 Å². The first-order valence-electron chi connectivity index (χ1n) is 11.1. The highest BCUT2D eigenvalue weighted by molar-refractivity contribution is 7.35. The van der Waals surface area contributed by atoms with E-state index >= 15 is 0 Å². The SMILES string of the molecule is CC.CC.CN.COc1ccc2c(c1)N(C)C1C(O)C(O)C3C=CCN4PCC21C34. The lowest BCUT2D eigenvalue weighted by atomic mass is 9.59. The third kappa shape index (κ3) is 3.47. The molecule has 1 spiro atoms. The molecule has 1 saturated heterocycles. The molecule has 170 valence electrons. The summed E-state index contributed by atoms with van der Waals surface area (Å²) in [5.74, 6) is 0.838. The third-order valence-corrected chi connectivity index (χ3v) is 8.17. The van der Waals surface area contributed by atoms with Crippen LogP contribution in [0, 0.1) is 5.92 Å². The second kappa shape index (κ2) is 10.4. The van der Waals surface area contributed by atoms with Gasteiger partial charge in [0.25, 0.3) is 0 Å². The Morgan fingerprint density at radius 3 is 2.40 bits per heavy atom. The van der Waals surface area contributed by atoms with E-state index in [1.54, 1.807) is 7.11 Å². The molecule has 3 aliphatic heterocycles. The van der Waals surface area contributed by atoms with Crippen molar-refractivity contribution in [3.05, 3.63) is 35.9 Å². The predicted octanol–water partition coefficient (Wildman–Crippen LogP) is 2.58. The smallest absolute Gasteiger partial charge is 0.120 e. The molecule has 1 aromatic rings. The number of likely N-dealkylation sites (N-methyl/N-ethyl adjacent to an activating group) is 1. The molecular weight excluding hydrogens is 397 g/mol. The molecule has 6 nitrogen and oxygen atoms in total. The van der Waals surface area contributed by atoms with Crippen molar-refractivity contribution in [1.29, 1.82) is 0 Å². The third-order valence-electron chi connectivity index (χ3n) is 6.56. The number of fused-ring (bicyclic) bond motifs is 1. The molecule has 4 N–H and O–H groups in total. The summed E-state index contributed by atoms with van der Waals surface area (Å²) < 4.78 is 7.93. The zero-order valence-corrected chi connectivity index (χ0v) is 20.5. The molecule has 0 amide bonds. The highest BCUT2D eigenvalue weighted by Gasteiger charge is 2.68. The number of benzene rings is 1. The summed E-state index contributed by atoms with van der Waals surface area (Å²) in [6, 6.07) is 6.46. The summed E-state index contributed by atoms with van der Waals surface area (Å²) in [6.45, 7) is 8.95. The maximum absolute atomic E-state index is 11.0. The highest BCUT2D eigenvalue weighted by atomic mass is 31.1. The minimum Gasteiger partial charge on any atom is -0.497 e. The molecule has 3 heterocycles. The van der Waals surface area contributed by atoms with Crippen LogP contribution in [-0.2, 0) is 5.41 Å². The Morgan fingerprint density at radius 2 is 1.77 bits per heavy atom. The normalized spacial score (nSPS) is 35.5. The standard InChI is InChI=1S/C18H23N2O3P.2C2H6.CH5N/c1-19-13-8-10(23-2)5-6-12(13)18-9-24-20-7-3-4-11(16(18)20)14(21)15(22)17(18)19;3*1-2/h3-6,8,11,14-17,21-22,24H,7,9H2,1-2H3;2*1-2H3;2H2,1H3. The van der Waals surface area contributed by atoms with Crippen LogP contribution >= 0.6 is 8.73 Å². The van der Waals surface area contributed by atoms with Gasteiger partial charge < -0.3 is 25.6 Å². The molecule has 0 bridgehead atoms. The lowest BCUT2D eigenvalue weighted by Crippen LogP contribution is -2.69. The fourth-order valence-corrected chi connectivity index (χ4v) is 7.55. The van der Waals surface area contributed by atoms with Crippen molar-refractivity contribution in [3.63, 3.8) is 0 Å². The number of nitrogens with zero attached hydrogens (tertiary/aromatic N) is 2. The van der Waals surface area contributed by atoms with Crippen molar-refractivity contribution >= 4 is 14.4 Å². The van der Waals surface area contributed by atoms with Crippen LogP contribution in [0.2, 0.25) is 0 Å². The van der Waals surface area contributed by atoms with Gasteiger partial charge in [-0.2, -0.15) is 0 Å². The number of rotatable bonds is 1. The maximum atomic E-state index is 11.0. The van der Waals surface area contributed by atoms with E-state index in [2.05, 4.69) is 39.6 Å². The van der Waals surface area contributed by atoms with Crippen molar-refractivity contribution < 1.29 is 14.9 Å². The summed E-state index contributed by atoms with van der Waals surface area (Å²) in [6.07, 6.45) is 3.87. The molecule has 7 heteroatoms. The first-order chi connectivity index (χ1) is 14.6. The molecule has 2 fully saturated rings. The predicted molar refractivity (Wildman–Crippen MR) is 128 cm³/mol. The summed E-state index contributed by atoms with van der Waals surface area (Å²) in [7, 11) is 5.96. The number of nitrogens with two attached hydrogens (primary N) is 1. The first kappa shape index (κ1) is 25.1. The monoisotopic (exact) mass is 437 g/mol. The second-order valence-electron chi connectivity index (χ2n) is 7.40. The Balaban J connectivity index is 0.000000493. The number of aliphatic hydroxyl groups excluding tert-OH is 2. The van der Waals surface area contributed by atoms with Crippen LogP contribution in [0.4, 0.5) is 5.69 Å². The molecule has 30 heavy (non-hydrogen) atoms. The van der Waals surface area contributed by atoms with Crippen molar-refractivity contribution in [3.8, 4) is 5.75 Å². The van der Waals surface area contributed by atoms with Crippen LogP contribution in [0.3, 0.4) is 0 Å². The average Bonchev–Trinajstić information content (AvgIpc) is 3.33. The van der Waals surface area contributed by atoms with E-state index in [-0.39, 0.29) is 23.4 Å². The lowest BCUT2D eigenvalue weighted by molar-refractivity contribution is -0.0869. The van der Waals surface area contributed by atoms with Gasteiger partial charge in [0.05, 0.1) is 19.3 Å². The summed E-state index contributed by atoms with van der Waals surface area (Å²) in [5.41, 5.74) is 6.83. The first-order valence-corrected chi connectivity index (χ1v) is 12.3. The molecule has 0 radical (unpaired) electrons. The van der Waals surface area contributed by atoms with Gasteiger partial charge >= 0.3 is 0 Å². The number of aliphatic hydroxyl groups is 2. The van der Waals surface area contributed by atoms with E-state index in [9.17, 15) is 10.2 Å². The highest BCUT2D eigenvalue weighted by Crippen LogP contribution is 2.63. The number of anilines is 1. The van der Waals surface area contributed by atoms with Gasteiger partial charge in [0, 0.05) is 42.7 Å². The molecule has 1 aromatic carbocycles. The van der Waals surface area contributed by atoms with Crippen LogP contribution in [0.5, 0.6) is 5.75 Å². The Bertz CT molecular complexity index is 732. The van der Waals surface area contributed by atoms with E-state index in [0.717, 1.165) is 32.9 Å². The fourth-order valence-electron chi connectivity index (χ4n) is 5.64. The van der Waals surface area contributed by atoms with Gasteiger partial charge in [-0.05, 0) is 33.6 Å². The Kier molecular flexibility index (Phi) is 8.72. The van der Waals surface area contributed by atoms with Crippen molar-refractivity contribution in [2.75, 3.05) is 38.8 Å². The minimum absolute atomic E-state index is 0.00134. The fraction of sp³-hybridized carbons (Fsp3) is 0.652.